The number of nitrogens with zero attached hydrogens (tertiary/aromatic N) is 4. The first kappa shape index (κ1) is 18.6. The highest BCUT2D eigenvalue weighted by Gasteiger charge is 2.38. The number of aryl methyl sites for hydroxylation is 1. The van der Waals surface area contributed by atoms with Crippen LogP contribution in [0.2, 0.25) is 0 Å². The minimum atomic E-state index is -1.16. The van der Waals surface area contributed by atoms with E-state index in [1.165, 1.54) is 40.9 Å². The molecule has 0 radical (unpaired) electrons. The maximum atomic E-state index is 13.1. The zero-order chi connectivity index (χ0) is 18.8. The monoisotopic (exact) mass is 348 g/mol. The van der Waals surface area contributed by atoms with Crippen LogP contribution >= 0.6 is 0 Å². The molecule has 0 atom stereocenters. The fraction of sp³-hybridized carbons (Fsp3) is 0.412. The Morgan fingerprint density at radius 3 is 2.44 bits per heavy atom. The van der Waals surface area contributed by atoms with Crippen molar-refractivity contribution < 1.29 is 18.7 Å². The third-order valence-electron chi connectivity index (χ3n) is 3.95. The summed E-state index contributed by atoms with van der Waals surface area (Å²) in [6, 6.07) is 5.68. The second kappa shape index (κ2) is 7.00. The fourth-order valence-corrected chi connectivity index (χ4v) is 2.16. The molecule has 1 amide bonds. The molecule has 0 aliphatic rings. The number of hydrogen-bond donors (Lipinski definition) is 0. The van der Waals surface area contributed by atoms with Crippen LogP contribution < -0.4 is 0 Å². The van der Waals surface area contributed by atoms with Crippen LogP contribution in [0.5, 0.6) is 0 Å². The van der Waals surface area contributed by atoms with E-state index in [1.807, 2.05) is 0 Å². The predicted molar refractivity (Wildman–Crippen MR) is 88.9 cm³/mol. The van der Waals surface area contributed by atoms with Gasteiger partial charge in [-0.1, -0.05) is 0 Å². The number of rotatable bonds is 5. The standard InChI is InChI=1S/C17H21FN4O3/c1-6-25-16(24)17(3,4)21(5)15(23)14-19-11(2)22(20-14)13-9-7-12(18)8-10-13/h7-10H,6H2,1-5H3. The minimum Gasteiger partial charge on any atom is -0.464 e. The van der Waals surface area contributed by atoms with Crippen LogP contribution in [0, 0.1) is 12.7 Å². The van der Waals surface area contributed by atoms with Gasteiger partial charge in [-0.3, -0.25) is 4.79 Å². The van der Waals surface area contributed by atoms with Gasteiger partial charge in [-0.05, 0) is 52.0 Å². The van der Waals surface area contributed by atoms with Crippen molar-refractivity contribution in [2.24, 2.45) is 0 Å². The maximum Gasteiger partial charge on any atom is 0.331 e. The van der Waals surface area contributed by atoms with Gasteiger partial charge in [0.2, 0.25) is 5.82 Å². The van der Waals surface area contributed by atoms with Gasteiger partial charge in [-0.15, -0.1) is 5.10 Å². The first-order valence-electron chi connectivity index (χ1n) is 7.83. The van der Waals surface area contributed by atoms with Crippen LogP contribution in [0.15, 0.2) is 24.3 Å². The summed E-state index contributed by atoms with van der Waals surface area (Å²) >= 11 is 0. The molecule has 134 valence electrons. The average molecular weight is 348 g/mol. The zero-order valence-electron chi connectivity index (χ0n) is 14.9. The van der Waals surface area contributed by atoms with Crippen LogP contribution in [-0.4, -0.2) is 50.7 Å². The molecule has 1 aromatic carbocycles. The Balaban J connectivity index is 2.30. The third-order valence-corrected chi connectivity index (χ3v) is 3.95. The zero-order valence-corrected chi connectivity index (χ0v) is 14.9. The van der Waals surface area contributed by atoms with Crippen molar-refractivity contribution in [1.29, 1.82) is 0 Å². The van der Waals surface area contributed by atoms with Gasteiger partial charge in [0.15, 0.2) is 0 Å². The van der Waals surface area contributed by atoms with Gasteiger partial charge in [-0.25, -0.2) is 18.9 Å². The fourth-order valence-electron chi connectivity index (χ4n) is 2.16. The third kappa shape index (κ3) is 3.67. The largest absolute Gasteiger partial charge is 0.464 e. The smallest absolute Gasteiger partial charge is 0.331 e. The number of ether oxygens (including phenoxy) is 1. The second-order valence-electron chi connectivity index (χ2n) is 6.01. The van der Waals surface area contributed by atoms with Crippen LogP contribution in [0.1, 0.15) is 37.2 Å². The van der Waals surface area contributed by atoms with E-state index in [0.29, 0.717) is 11.5 Å². The minimum absolute atomic E-state index is 0.0540. The molecule has 7 nitrogen and oxygen atoms in total. The number of amides is 1. The molecule has 0 bridgehead atoms. The quantitative estimate of drug-likeness (QED) is 0.774. The van der Waals surface area contributed by atoms with E-state index in [9.17, 15) is 14.0 Å². The Hall–Kier alpha value is -2.77. The summed E-state index contributed by atoms with van der Waals surface area (Å²) in [6.45, 7) is 6.79. The lowest BCUT2D eigenvalue weighted by Crippen LogP contribution is -2.51. The maximum absolute atomic E-state index is 13.1. The van der Waals surface area contributed by atoms with Crippen LogP contribution in [0.4, 0.5) is 4.39 Å². The molecule has 1 aromatic heterocycles. The van der Waals surface area contributed by atoms with Crippen molar-refractivity contribution in [3.63, 3.8) is 0 Å². The molecule has 0 saturated carbocycles. The lowest BCUT2D eigenvalue weighted by molar-refractivity contribution is -0.153. The van der Waals surface area contributed by atoms with Crippen molar-refractivity contribution in [1.82, 2.24) is 19.7 Å². The highest BCUT2D eigenvalue weighted by molar-refractivity contribution is 5.95. The summed E-state index contributed by atoms with van der Waals surface area (Å²) in [4.78, 5) is 30.1. The second-order valence-corrected chi connectivity index (χ2v) is 6.01. The van der Waals surface area contributed by atoms with E-state index in [2.05, 4.69) is 10.1 Å². The molecule has 25 heavy (non-hydrogen) atoms. The summed E-state index contributed by atoms with van der Waals surface area (Å²) < 4.78 is 19.5. The first-order chi connectivity index (χ1) is 11.7. The number of carbonyl (C=O) groups is 2. The van der Waals surface area contributed by atoms with E-state index in [4.69, 9.17) is 4.74 Å². The summed E-state index contributed by atoms with van der Waals surface area (Å²) in [7, 11) is 1.49. The van der Waals surface area contributed by atoms with Crippen molar-refractivity contribution in [2.45, 2.75) is 33.2 Å². The molecular formula is C17H21FN4O3. The van der Waals surface area contributed by atoms with E-state index >= 15 is 0 Å². The summed E-state index contributed by atoms with van der Waals surface area (Å²) in [5.74, 6) is -0.977. The summed E-state index contributed by atoms with van der Waals surface area (Å²) in [6.07, 6.45) is 0. The van der Waals surface area contributed by atoms with Gasteiger partial charge in [0.1, 0.15) is 17.2 Å². The van der Waals surface area contributed by atoms with Crippen LogP contribution in [0.25, 0.3) is 5.69 Å². The van der Waals surface area contributed by atoms with E-state index in [-0.39, 0.29) is 18.2 Å². The lowest BCUT2D eigenvalue weighted by atomic mass is 10.0. The number of halogens is 1. The van der Waals surface area contributed by atoms with E-state index in [1.54, 1.807) is 27.7 Å². The lowest BCUT2D eigenvalue weighted by Gasteiger charge is -2.32. The SMILES string of the molecule is CCOC(=O)C(C)(C)N(C)C(=O)c1nc(C)n(-c2ccc(F)cc2)n1. The first-order valence-corrected chi connectivity index (χ1v) is 7.83. The van der Waals surface area contributed by atoms with Gasteiger partial charge in [0.05, 0.1) is 12.3 Å². The van der Waals surface area contributed by atoms with Gasteiger partial charge in [0.25, 0.3) is 5.91 Å². The summed E-state index contributed by atoms with van der Waals surface area (Å²) in [5, 5.41) is 4.19. The van der Waals surface area contributed by atoms with Crippen LogP contribution in [0.3, 0.4) is 0 Å². The van der Waals surface area contributed by atoms with Crippen molar-refractivity contribution in [2.75, 3.05) is 13.7 Å². The van der Waals surface area contributed by atoms with Gasteiger partial charge in [-0.2, -0.15) is 0 Å². The highest BCUT2D eigenvalue weighted by atomic mass is 19.1. The molecular weight excluding hydrogens is 327 g/mol. The van der Waals surface area contributed by atoms with Gasteiger partial charge in [0, 0.05) is 7.05 Å². The molecule has 0 fully saturated rings. The van der Waals surface area contributed by atoms with Crippen molar-refractivity contribution in [3.05, 3.63) is 41.7 Å². The van der Waals surface area contributed by atoms with Crippen LogP contribution in [-0.2, 0) is 9.53 Å². The van der Waals surface area contributed by atoms with Crippen molar-refractivity contribution in [3.8, 4) is 5.69 Å². The van der Waals surface area contributed by atoms with E-state index in [0.717, 1.165) is 0 Å². The molecule has 0 spiro atoms. The Morgan fingerprint density at radius 2 is 1.88 bits per heavy atom. The normalized spacial score (nSPS) is 11.3. The average Bonchev–Trinajstić information content (AvgIpc) is 2.96. The van der Waals surface area contributed by atoms with Gasteiger partial charge < -0.3 is 9.64 Å². The number of likely N-dealkylation sites (N-methyl/N-ethyl adjacent to an activating group) is 1. The Bertz CT molecular complexity index is 784. The Kier molecular flexibility index (Phi) is 5.20. The molecule has 0 unspecified atom stereocenters. The molecule has 0 N–H and O–H groups in total. The Morgan fingerprint density at radius 1 is 1.28 bits per heavy atom. The number of esters is 1. The topological polar surface area (TPSA) is 77.3 Å². The number of carbonyl (C=O) groups excluding carboxylic acids is 2. The van der Waals surface area contributed by atoms with Gasteiger partial charge >= 0.3 is 5.97 Å². The molecule has 8 heteroatoms. The molecule has 1 heterocycles. The summed E-state index contributed by atoms with van der Waals surface area (Å²) in [5.41, 5.74) is -0.583. The van der Waals surface area contributed by atoms with E-state index < -0.39 is 17.4 Å². The number of benzene rings is 1. The predicted octanol–water partition coefficient (Wildman–Crippen LogP) is 2.13. The molecule has 0 aliphatic heterocycles. The number of hydrogen-bond acceptors (Lipinski definition) is 5. The van der Waals surface area contributed by atoms with Crippen molar-refractivity contribution >= 4 is 11.9 Å². The molecule has 0 saturated heterocycles. The Labute approximate surface area is 145 Å². The highest BCUT2D eigenvalue weighted by Crippen LogP contribution is 2.18. The number of aromatic nitrogens is 3. The molecule has 2 aromatic rings. The molecule has 2 rings (SSSR count). The molecule has 0 aliphatic carbocycles.